The lowest BCUT2D eigenvalue weighted by Gasteiger charge is -2.32. The van der Waals surface area contributed by atoms with Crippen LogP contribution in [0.4, 0.5) is 17.1 Å². The van der Waals surface area contributed by atoms with Gasteiger partial charge in [-0.1, -0.05) is 177 Å². The third kappa shape index (κ3) is 5.63. The Morgan fingerprint density at radius 3 is 1.94 bits per heavy atom. The fraction of sp³-hybridized carbons (Fsp3) is 0.133. The van der Waals surface area contributed by atoms with Gasteiger partial charge in [-0.15, -0.1) is 0 Å². The third-order valence-electron chi connectivity index (χ3n) is 14.3. The smallest absolute Gasteiger partial charge is 0.0562 e. The van der Waals surface area contributed by atoms with Crippen molar-refractivity contribution >= 4 is 49.6 Å². The second kappa shape index (κ2) is 14.8. The highest BCUT2D eigenvalue weighted by molar-refractivity contribution is 6.17. The molecule has 2 nitrogen and oxygen atoms in total. The second-order valence-corrected chi connectivity index (χ2v) is 17.6. The van der Waals surface area contributed by atoms with Crippen LogP contribution in [-0.2, 0) is 5.41 Å². The van der Waals surface area contributed by atoms with Gasteiger partial charge in [-0.05, 0) is 124 Å². The van der Waals surface area contributed by atoms with Gasteiger partial charge in [0.15, 0.2) is 0 Å². The van der Waals surface area contributed by atoms with Crippen molar-refractivity contribution in [1.82, 2.24) is 4.57 Å². The minimum absolute atomic E-state index is 0.339. The Hall–Kier alpha value is -7.16. The molecule has 0 radical (unpaired) electrons. The molecule has 0 bridgehead atoms. The summed E-state index contributed by atoms with van der Waals surface area (Å²) in [5.74, 6) is 0.573. The molecule has 1 heterocycles. The molecule has 0 N–H and O–H groups in total. The summed E-state index contributed by atoms with van der Waals surface area (Å²) in [5.41, 5.74) is 17.3. The molecule has 2 aliphatic rings. The number of hydrogen-bond acceptors (Lipinski definition) is 1. The molecule has 1 fully saturated rings. The minimum atomic E-state index is -0.339. The molecule has 0 amide bonds. The number of benzene rings is 9. The van der Waals surface area contributed by atoms with Crippen LogP contribution in [-0.4, -0.2) is 4.57 Å². The maximum atomic E-state index is 2.58. The molecular weight excluding hydrogens is 749 g/mol. The van der Waals surface area contributed by atoms with Crippen LogP contribution in [0.3, 0.4) is 0 Å². The van der Waals surface area contributed by atoms with Crippen LogP contribution in [0.1, 0.15) is 67.2 Å². The molecule has 62 heavy (non-hydrogen) atoms. The Kier molecular flexibility index (Phi) is 8.74. The van der Waals surface area contributed by atoms with Gasteiger partial charge < -0.3 is 9.47 Å². The lowest BCUT2D eigenvalue weighted by atomic mass is 9.74. The number of anilines is 3. The summed E-state index contributed by atoms with van der Waals surface area (Å²) in [5, 5.41) is 5.18. The first kappa shape index (κ1) is 36.7. The highest BCUT2D eigenvalue weighted by atomic mass is 15.2. The molecule has 10 aromatic rings. The van der Waals surface area contributed by atoms with Gasteiger partial charge in [0.05, 0.1) is 22.4 Å². The summed E-state index contributed by atoms with van der Waals surface area (Å²) >= 11 is 0. The fourth-order valence-corrected chi connectivity index (χ4v) is 11.4. The van der Waals surface area contributed by atoms with Gasteiger partial charge in [-0.3, -0.25) is 0 Å². The van der Waals surface area contributed by atoms with Crippen LogP contribution in [0.15, 0.2) is 206 Å². The number of nitrogens with zero attached hydrogens (tertiary/aromatic N) is 2. The van der Waals surface area contributed by atoms with Crippen molar-refractivity contribution in [2.75, 3.05) is 4.90 Å². The molecule has 9 aromatic carbocycles. The topological polar surface area (TPSA) is 8.17 Å². The summed E-state index contributed by atoms with van der Waals surface area (Å²) in [4.78, 5) is 2.58. The molecule has 2 aliphatic carbocycles. The van der Waals surface area contributed by atoms with Gasteiger partial charge >= 0.3 is 0 Å². The predicted molar refractivity (Wildman–Crippen MR) is 262 cm³/mol. The third-order valence-corrected chi connectivity index (χ3v) is 14.3. The zero-order chi connectivity index (χ0) is 41.2. The molecule has 12 rings (SSSR count). The Bertz CT molecular complexity index is 3290. The van der Waals surface area contributed by atoms with Crippen LogP contribution in [0.5, 0.6) is 0 Å². The molecule has 0 spiro atoms. The summed E-state index contributed by atoms with van der Waals surface area (Å²) in [6.45, 7) is 2.42. The maximum absolute atomic E-state index is 2.58. The van der Waals surface area contributed by atoms with Crippen LogP contribution < -0.4 is 4.90 Å². The monoisotopic (exact) mass is 796 g/mol. The second-order valence-electron chi connectivity index (χ2n) is 17.6. The SMILES string of the molecule is CC1(c2ccccc2)c2ccccc2-c2ccc(N(c3ccccc3-c3cccc4cccc(C5CCCCC5)c34)c3cccc4c3c3ccccc3n4-c3ccccc3)cc21. The Morgan fingerprint density at radius 1 is 0.468 bits per heavy atom. The molecule has 298 valence electrons. The molecule has 2 heteroatoms. The van der Waals surface area contributed by atoms with Gasteiger partial charge in [-0.2, -0.15) is 0 Å². The Labute approximate surface area is 364 Å². The molecule has 0 saturated heterocycles. The fourth-order valence-electron chi connectivity index (χ4n) is 11.4. The van der Waals surface area contributed by atoms with Crippen molar-refractivity contribution in [3.8, 4) is 27.9 Å². The van der Waals surface area contributed by atoms with E-state index in [4.69, 9.17) is 0 Å². The zero-order valence-electron chi connectivity index (χ0n) is 35.1. The molecule has 1 atom stereocenters. The van der Waals surface area contributed by atoms with Crippen LogP contribution in [0.25, 0.3) is 60.5 Å². The average molecular weight is 797 g/mol. The van der Waals surface area contributed by atoms with E-state index in [0.717, 1.165) is 17.1 Å². The number of rotatable bonds is 7. The van der Waals surface area contributed by atoms with Crippen molar-refractivity contribution in [1.29, 1.82) is 0 Å². The van der Waals surface area contributed by atoms with Gasteiger partial charge in [-0.25, -0.2) is 0 Å². The standard InChI is InChI=1S/C60H48N2/c1-60(43-24-7-3-8-25-43)52-33-14-11-28-47(52)48-39-38-45(40-53(48)60)62(57-37-19-36-56-59(57)51-30-13-16-35-55(51)61(56)44-26-9-4-10-27-44)54-34-15-12-29-49(54)50-32-18-23-42-22-17-31-46(58(42)50)41-20-5-2-6-21-41/h3-4,7-19,22-41H,2,5-6,20-21H2,1H3. The molecular formula is C60H48N2. The predicted octanol–water partition coefficient (Wildman–Crippen LogP) is 16.5. The molecule has 0 aliphatic heterocycles. The highest BCUT2D eigenvalue weighted by Crippen LogP contribution is 2.55. The first-order valence-electron chi connectivity index (χ1n) is 22.5. The summed E-state index contributed by atoms with van der Waals surface area (Å²) < 4.78 is 2.44. The van der Waals surface area contributed by atoms with E-state index in [-0.39, 0.29) is 5.41 Å². The Balaban J connectivity index is 1.16. The summed E-state index contributed by atoms with van der Waals surface area (Å²) in [6.07, 6.45) is 6.46. The minimum Gasteiger partial charge on any atom is -0.309 e. The van der Waals surface area contributed by atoms with Crippen LogP contribution in [0, 0.1) is 0 Å². The number of hydrogen-bond donors (Lipinski definition) is 0. The first-order chi connectivity index (χ1) is 30.7. The van der Waals surface area contributed by atoms with Crippen molar-refractivity contribution in [2.45, 2.75) is 50.4 Å². The summed E-state index contributed by atoms with van der Waals surface area (Å²) in [7, 11) is 0. The van der Waals surface area contributed by atoms with E-state index in [1.54, 1.807) is 0 Å². The number of fused-ring (bicyclic) bond motifs is 7. The van der Waals surface area contributed by atoms with Crippen LogP contribution >= 0.6 is 0 Å². The highest BCUT2D eigenvalue weighted by Gasteiger charge is 2.41. The van der Waals surface area contributed by atoms with E-state index in [1.165, 1.54) is 115 Å². The first-order valence-corrected chi connectivity index (χ1v) is 22.5. The number of aromatic nitrogens is 1. The van der Waals surface area contributed by atoms with E-state index in [0.29, 0.717) is 5.92 Å². The lowest BCUT2D eigenvalue weighted by molar-refractivity contribution is 0.445. The number of para-hydroxylation sites is 3. The average Bonchev–Trinajstić information content (AvgIpc) is 3.82. The van der Waals surface area contributed by atoms with E-state index in [9.17, 15) is 0 Å². The quantitative estimate of drug-likeness (QED) is 0.156. The van der Waals surface area contributed by atoms with Crippen molar-refractivity contribution in [3.63, 3.8) is 0 Å². The van der Waals surface area contributed by atoms with Crippen molar-refractivity contribution in [3.05, 3.63) is 229 Å². The van der Waals surface area contributed by atoms with Gasteiger partial charge in [0.1, 0.15) is 0 Å². The molecule has 1 aromatic heterocycles. The maximum Gasteiger partial charge on any atom is 0.0562 e. The van der Waals surface area contributed by atoms with Crippen molar-refractivity contribution in [2.24, 2.45) is 0 Å². The Morgan fingerprint density at radius 2 is 1.10 bits per heavy atom. The van der Waals surface area contributed by atoms with E-state index < -0.39 is 0 Å². The van der Waals surface area contributed by atoms with E-state index >= 15 is 0 Å². The van der Waals surface area contributed by atoms with Crippen LogP contribution in [0.2, 0.25) is 0 Å². The van der Waals surface area contributed by atoms with Gasteiger partial charge in [0.2, 0.25) is 0 Å². The van der Waals surface area contributed by atoms with Gasteiger partial charge in [0, 0.05) is 33.1 Å². The normalized spacial score (nSPS) is 16.1. The largest absolute Gasteiger partial charge is 0.309 e. The molecule has 1 unspecified atom stereocenters. The lowest BCUT2D eigenvalue weighted by Crippen LogP contribution is -2.23. The zero-order valence-corrected chi connectivity index (χ0v) is 35.1. The molecule has 1 saturated carbocycles. The summed E-state index contributed by atoms with van der Waals surface area (Å²) in [6, 6.07) is 77.1. The van der Waals surface area contributed by atoms with E-state index in [1.807, 2.05) is 0 Å². The van der Waals surface area contributed by atoms with E-state index in [2.05, 4.69) is 223 Å². The van der Waals surface area contributed by atoms with Crippen molar-refractivity contribution < 1.29 is 0 Å². The van der Waals surface area contributed by atoms with Gasteiger partial charge in [0.25, 0.3) is 0 Å².